The number of quaternary nitrogens is 1. The molecule has 0 saturated heterocycles. The van der Waals surface area contributed by atoms with Crippen LogP contribution in [0.1, 0.15) is 52.9 Å². The van der Waals surface area contributed by atoms with Crippen LogP contribution in [-0.4, -0.2) is 43.0 Å². The van der Waals surface area contributed by atoms with Crippen molar-refractivity contribution in [2.24, 2.45) is 0 Å². The first kappa shape index (κ1) is 18.4. The van der Waals surface area contributed by atoms with Crippen LogP contribution in [0.2, 0.25) is 0 Å². The predicted octanol–water partition coefficient (Wildman–Crippen LogP) is -0.243. The second kappa shape index (κ2) is 8.14. The Labute approximate surface area is 133 Å². The van der Waals surface area contributed by atoms with Gasteiger partial charge in [0, 0.05) is 6.04 Å². The Kier molecular flexibility index (Phi) is 6.82. The standard InChI is InChI=1S/C16H28N4O2/c1-12(2)18-14(21)10-20(4)13(3)15(22)19-16(11-17)8-6-5-7-9-16/h12-13H,5-10H2,1-4H3,(H,18,21)(H,19,22)/p+1/t13-/m0/s1. The van der Waals surface area contributed by atoms with E-state index in [4.69, 9.17) is 0 Å². The Hall–Kier alpha value is -1.61. The molecule has 0 radical (unpaired) electrons. The molecule has 0 aromatic heterocycles. The average Bonchev–Trinajstić information content (AvgIpc) is 2.46. The van der Waals surface area contributed by atoms with Crippen LogP contribution in [0.4, 0.5) is 0 Å². The van der Waals surface area contributed by atoms with E-state index in [1.807, 2.05) is 20.9 Å². The molecular formula is C16H29N4O2+. The molecule has 3 N–H and O–H groups in total. The van der Waals surface area contributed by atoms with Crippen molar-refractivity contribution in [1.82, 2.24) is 10.6 Å². The molecule has 6 nitrogen and oxygen atoms in total. The predicted molar refractivity (Wildman–Crippen MR) is 84.1 cm³/mol. The Morgan fingerprint density at radius 3 is 2.32 bits per heavy atom. The Morgan fingerprint density at radius 2 is 1.82 bits per heavy atom. The summed E-state index contributed by atoms with van der Waals surface area (Å²) in [6, 6.07) is 2.01. The van der Waals surface area contributed by atoms with Crippen molar-refractivity contribution in [2.75, 3.05) is 13.6 Å². The number of carbonyl (C=O) groups excluding carboxylic acids is 2. The molecule has 1 rings (SSSR count). The highest BCUT2D eigenvalue weighted by Crippen LogP contribution is 2.27. The lowest BCUT2D eigenvalue weighted by molar-refractivity contribution is -0.886. The molecule has 22 heavy (non-hydrogen) atoms. The van der Waals surface area contributed by atoms with Gasteiger partial charge in [-0.3, -0.25) is 9.59 Å². The van der Waals surface area contributed by atoms with Gasteiger partial charge in [-0.05, 0) is 33.6 Å². The molecule has 1 saturated carbocycles. The van der Waals surface area contributed by atoms with Crippen LogP contribution >= 0.6 is 0 Å². The van der Waals surface area contributed by atoms with Crippen LogP contribution in [0.25, 0.3) is 0 Å². The first-order chi connectivity index (χ1) is 10.3. The van der Waals surface area contributed by atoms with E-state index in [0.29, 0.717) is 0 Å². The highest BCUT2D eigenvalue weighted by Gasteiger charge is 2.36. The number of carbonyl (C=O) groups is 2. The molecule has 0 aromatic carbocycles. The third-order valence-electron chi connectivity index (χ3n) is 4.31. The van der Waals surface area contributed by atoms with E-state index >= 15 is 0 Å². The van der Waals surface area contributed by atoms with Gasteiger partial charge >= 0.3 is 0 Å². The Balaban J connectivity index is 2.56. The van der Waals surface area contributed by atoms with Gasteiger partial charge < -0.3 is 15.5 Å². The average molecular weight is 309 g/mol. The highest BCUT2D eigenvalue weighted by atomic mass is 16.2. The number of hydrogen-bond acceptors (Lipinski definition) is 3. The minimum atomic E-state index is -0.718. The lowest BCUT2D eigenvalue weighted by atomic mass is 9.82. The highest BCUT2D eigenvalue weighted by molar-refractivity contribution is 5.82. The largest absolute Gasteiger partial charge is 0.349 e. The molecule has 0 aromatic rings. The van der Waals surface area contributed by atoms with Gasteiger partial charge in [0.1, 0.15) is 5.54 Å². The lowest BCUT2D eigenvalue weighted by Crippen LogP contribution is -3.15. The molecular weight excluding hydrogens is 280 g/mol. The van der Waals surface area contributed by atoms with Gasteiger partial charge in [-0.15, -0.1) is 0 Å². The smallest absolute Gasteiger partial charge is 0.279 e. The van der Waals surface area contributed by atoms with Gasteiger partial charge in [-0.2, -0.15) is 5.26 Å². The van der Waals surface area contributed by atoms with Crippen molar-refractivity contribution in [3.63, 3.8) is 0 Å². The van der Waals surface area contributed by atoms with Crippen molar-refractivity contribution in [3.05, 3.63) is 0 Å². The summed E-state index contributed by atoms with van der Waals surface area (Å²) in [6.45, 7) is 5.85. The van der Waals surface area contributed by atoms with E-state index in [0.717, 1.165) is 37.0 Å². The zero-order valence-electron chi connectivity index (χ0n) is 14.2. The van der Waals surface area contributed by atoms with E-state index in [-0.39, 0.29) is 30.4 Å². The fourth-order valence-corrected chi connectivity index (χ4v) is 2.77. The van der Waals surface area contributed by atoms with E-state index < -0.39 is 5.54 Å². The van der Waals surface area contributed by atoms with Crippen LogP contribution in [0, 0.1) is 11.3 Å². The SMILES string of the molecule is CC(C)NC(=O)C[NH+](C)[C@@H](C)C(=O)NC1(C#N)CCCCC1. The first-order valence-electron chi connectivity index (χ1n) is 8.14. The molecule has 0 spiro atoms. The van der Waals surface area contributed by atoms with Crippen LogP contribution in [0.15, 0.2) is 0 Å². The second-order valence-electron chi connectivity index (χ2n) is 6.71. The number of rotatable bonds is 6. The van der Waals surface area contributed by atoms with Gasteiger partial charge in [0.05, 0.1) is 13.1 Å². The third-order valence-corrected chi connectivity index (χ3v) is 4.31. The summed E-state index contributed by atoms with van der Waals surface area (Å²) >= 11 is 0. The maximum atomic E-state index is 12.4. The van der Waals surface area contributed by atoms with E-state index in [2.05, 4.69) is 16.7 Å². The van der Waals surface area contributed by atoms with E-state index in [1.165, 1.54) is 0 Å². The Bertz CT molecular complexity index is 436. The van der Waals surface area contributed by atoms with Gasteiger partial charge in [0.2, 0.25) is 0 Å². The fraction of sp³-hybridized carbons (Fsp3) is 0.812. The molecule has 6 heteroatoms. The number of hydrogen-bond donors (Lipinski definition) is 3. The monoisotopic (exact) mass is 309 g/mol. The van der Waals surface area contributed by atoms with Crippen LogP contribution in [0.3, 0.4) is 0 Å². The minimum absolute atomic E-state index is 0.0696. The minimum Gasteiger partial charge on any atom is -0.349 e. The summed E-state index contributed by atoms with van der Waals surface area (Å²) in [5, 5.41) is 15.2. The van der Waals surface area contributed by atoms with Crippen molar-refractivity contribution in [1.29, 1.82) is 5.26 Å². The molecule has 1 aliphatic carbocycles. The van der Waals surface area contributed by atoms with Crippen LogP contribution in [0.5, 0.6) is 0 Å². The molecule has 1 unspecified atom stereocenters. The van der Waals surface area contributed by atoms with E-state index in [9.17, 15) is 14.9 Å². The van der Waals surface area contributed by atoms with Crippen molar-refractivity contribution in [2.45, 2.75) is 70.5 Å². The Morgan fingerprint density at radius 1 is 1.23 bits per heavy atom. The molecule has 0 aliphatic heterocycles. The van der Waals surface area contributed by atoms with Crippen molar-refractivity contribution >= 4 is 11.8 Å². The van der Waals surface area contributed by atoms with Crippen molar-refractivity contribution in [3.8, 4) is 6.07 Å². The van der Waals surface area contributed by atoms with Gasteiger partial charge in [-0.25, -0.2) is 0 Å². The summed E-state index contributed by atoms with van der Waals surface area (Å²) in [6.07, 6.45) is 4.50. The van der Waals surface area contributed by atoms with Gasteiger partial charge in [0.25, 0.3) is 11.8 Å². The number of nitrogens with one attached hydrogen (secondary N) is 3. The summed E-state index contributed by atoms with van der Waals surface area (Å²) in [5.41, 5.74) is -0.718. The normalized spacial score (nSPS) is 19.8. The topological polar surface area (TPSA) is 86.4 Å². The maximum absolute atomic E-state index is 12.4. The number of likely N-dealkylation sites (N-methyl/N-ethyl adjacent to an activating group) is 1. The van der Waals surface area contributed by atoms with Gasteiger partial charge in [0.15, 0.2) is 12.6 Å². The quantitative estimate of drug-likeness (QED) is 0.633. The lowest BCUT2D eigenvalue weighted by Gasteiger charge is -2.33. The molecule has 2 amide bonds. The zero-order chi connectivity index (χ0) is 16.8. The second-order valence-corrected chi connectivity index (χ2v) is 6.71. The summed E-state index contributed by atoms with van der Waals surface area (Å²) in [4.78, 5) is 25.0. The third kappa shape index (κ3) is 5.30. The van der Waals surface area contributed by atoms with Crippen LogP contribution < -0.4 is 15.5 Å². The van der Waals surface area contributed by atoms with Gasteiger partial charge in [-0.1, -0.05) is 19.3 Å². The zero-order valence-corrected chi connectivity index (χ0v) is 14.2. The molecule has 1 aliphatic rings. The van der Waals surface area contributed by atoms with Crippen molar-refractivity contribution < 1.29 is 14.5 Å². The van der Waals surface area contributed by atoms with E-state index in [1.54, 1.807) is 6.92 Å². The molecule has 1 fully saturated rings. The maximum Gasteiger partial charge on any atom is 0.279 e. The number of nitrogens with zero attached hydrogens (tertiary/aromatic N) is 1. The summed E-state index contributed by atoms with van der Waals surface area (Å²) in [7, 11) is 1.82. The summed E-state index contributed by atoms with van der Waals surface area (Å²) < 4.78 is 0. The number of nitriles is 1. The molecule has 124 valence electrons. The fourth-order valence-electron chi connectivity index (χ4n) is 2.77. The number of amides is 2. The first-order valence-corrected chi connectivity index (χ1v) is 8.14. The van der Waals surface area contributed by atoms with Crippen LogP contribution in [-0.2, 0) is 9.59 Å². The molecule has 2 atom stereocenters. The molecule has 0 bridgehead atoms. The summed E-state index contributed by atoms with van der Waals surface area (Å²) in [5.74, 6) is -0.224. The molecule has 0 heterocycles.